The molecular weight excluding hydrogens is 294 g/mol. The van der Waals surface area contributed by atoms with Gasteiger partial charge in [-0.25, -0.2) is 0 Å². The van der Waals surface area contributed by atoms with Crippen molar-refractivity contribution < 1.29 is 18.9 Å². The Bertz CT molecular complexity index is 259. The SMILES string of the molecule is C=C(CC)NCCOCCOCCOCCOCCCC(C)C. The fraction of sp³-hybridized carbons (Fsp3) is 0.889. The summed E-state index contributed by atoms with van der Waals surface area (Å²) in [6.45, 7) is 16.4. The molecule has 0 rings (SSSR count). The van der Waals surface area contributed by atoms with Gasteiger partial charge in [0, 0.05) is 18.8 Å². The van der Waals surface area contributed by atoms with Crippen LogP contribution >= 0.6 is 0 Å². The first-order valence-corrected chi connectivity index (χ1v) is 8.89. The molecule has 0 heterocycles. The van der Waals surface area contributed by atoms with Crippen LogP contribution in [0.3, 0.4) is 0 Å². The standard InChI is InChI=1S/C18H37NO4/c1-5-18(4)19-8-10-21-12-14-23-16-15-22-13-11-20-9-6-7-17(2)3/h17,19H,4-16H2,1-3H3. The van der Waals surface area contributed by atoms with Crippen molar-refractivity contribution in [1.29, 1.82) is 0 Å². The molecule has 5 heteroatoms. The minimum absolute atomic E-state index is 0.599. The summed E-state index contributed by atoms with van der Waals surface area (Å²) >= 11 is 0. The molecule has 0 aromatic heterocycles. The summed E-state index contributed by atoms with van der Waals surface area (Å²) in [7, 11) is 0. The van der Waals surface area contributed by atoms with Crippen molar-refractivity contribution in [1.82, 2.24) is 5.32 Å². The molecule has 0 amide bonds. The van der Waals surface area contributed by atoms with E-state index in [4.69, 9.17) is 18.9 Å². The molecule has 0 atom stereocenters. The zero-order chi connectivity index (χ0) is 17.2. The summed E-state index contributed by atoms with van der Waals surface area (Å²) in [4.78, 5) is 0. The van der Waals surface area contributed by atoms with Gasteiger partial charge in [0.25, 0.3) is 0 Å². The average molecular weight is 331 g/mol. The molecule has 0 saturated carbocycles. The van der Waals surface area contributed by atoms with E-state index in [9.17, 15) is 0 Å². The van der Waals surface area contributed by atoms with E-state index in [1.807, 2.05) is 0 Å². The number of hydrogen-bond acceptors (Lipinski definition) is 5. The molecule has 0 saturated heterocycles. The number of nitrogens with one attached hydrogen (secondary N) is 1. The van der Waals surface area contributed by atoms with Crippen molar-refractivity contribution in [3.8, 4) is 0 Å². The lowest BCUT2D eigenvalue weighted by Gasteiger charge is -2.09. The molecule has 0 aliphatic rings. The summed E-state index contributed by atoms with van der Waals surface area (Å²) < 4.78 is 21.8. The van der Waals surface area contributed by atoms with E-state index in [2.05, 4.69) is 32.7 Å². The number of allylic oxidation sites excluding steroid dienone is 1. The van der Waals surface area contributed by atoms with E-state index < -0.39 is 0 Å². The third kappa shape index (κ3) is 19.3. The summed E-state index contributed by atoms with van der Waals surface area (Å²) in [6.07, 6.45) is 3.30. The highest BCUT2D eigenvalue weighted by Crippen LogP contribution is 2.02. The van der Waals surface area contributed by atoms with E-state index in [0.29, 0.717) is 46.2 Å². The molecule has 0 aromatic rings. The molecule has 5 nitrogen and oxygen atoms in total. The first-order chi connectivity index (χ1) is 11.2. The van der Waals surface area contributed by atoms with Crippen molar-refractivity contribution in [3.05, 3.63) is 12.3 Å². The van der Waals surface area contributed by atoms with Gasteiger partial charge in [-0.15, -0.1) is 0 Å². The van der Waals surface area contributed by atoms with E-state index in [1.165, 1.54) is 6.42 Å². The van der Waals surface area contributed by atoms with Crippen LogP contribution in [0.25, 0.3) is 0 Å². The highest BCUT2D eigenvalue weighted by Gasteiger charge is 1.95. The second kappa shape index (κ2) is 17.7. The maximum atomic E-state index is 5.49. The third-order valence-corrected chi connectivity index (χ3v) is 3.23. The molecule has 23 heavy (non-hydrogen) atoms. The zero-order valence-corrected chi connectivity index (χ0v) is 15.4. The minimum atomic E-state index is 0.599. The summed E-state index contributed by atoms with van der Waals surface area (Å²) in [5.41, 5.74) is 1.05. The minimum Gasteiger partial charge on any atom is -0.387 e. The molecular formula is C18H37NO4. The summed E-state index contributed by atoms with van der Waals surface area (Å²) in [5, 5.41) is 3.19. The molecule has 0 spiro atoms. The van der Waals surface area contributed by atoms with Crippen LogP contribution in [0.5, 0.6) is 0 Å². The largest absolute Gasteiger partial charge is 0.387 e. The molecule has 0 bridgehead atoms. The van der Waals surface area contributed by atoms with E-state index in [0.717, 1.165) is 37.6 Å². The van der Waals surface area contributed by atoms with Gasteiger partial charge in [0.05, 0.1) is 46.2 Å². The smallest absolute Gasteiger partial charge is 0.0701 e. The van der Waals surface area contributed by atoms with Crippen LogP contribution in [0.2, 0.25) is 0 Å². The number of rotatable bonds is 18. The van der Waals surface area contributed by atoms with Gasteiger partial charge in [-0.1, -0.05) is 27.4 Å². The predicted molar refractivity (Wildman–Crippen MR) is 94.8 cm³/mol. The molecule has 0 fully saturated rings. The topological polar surface area (TPSA) is 49.0 Å². The maximum absolute atomic E-state index is 5.49. The highest BCUT2D eigenvalue weighted by atomic mass is 16.6. The van der Waals surface area contributed by atoms with E-state index in [1.54, 1.807) is 0 Å². The number of ether oxygens (including phenoxy) is 4. The monoisotopic (exact) mass is 331 g/mol. The Balaban J connectivity index is 3.01. The van der Waals surface area contributed by atoms with Crippen molar-refractivity contribution in [3.63, 3.8) is 0 Å². The van der Waals surface area contributed by atoms with Crippen LogP contribution in [-0.2, 0) is 18.9 Å². The predicted octanol–water partition coefficient (Wildman–Crippen LogP) is 3.00. The molecule has 0 aliphatic heterocycles. The second-order valence-electron chi connectivity index (χ2n) is 5.87. The zero-order valence-electron chi connectivity index (χ0n) is 15.4. The van der Waals surface area contributed by atoms with Gasteiger partial charge < -0.3 is 24.3 Å². The van der Waals surface area contributed by atoms with Crippen LogP contribution in [0, 0.1) is 5.92 Å². The van der Waals surface area contributed by atoms with Gasteiger partial charge in [0.2, 0.25) is 0 Å². The van der Waals surface area contributed by atoms with Gasteiger partial charge in [-0.05, 0) is 25.2 Å². The Labute approximate surface area is 142 Å². The van der Waals surface area contributed by atoms with Gasteiger partial charge in [0.15, 0.2) is 0 Å². The third-order valence-electron chi connectivity index (χ3n) is 3.23. The Morgan fingerprint density at radius 2 is 1.30 bits per heavy atom. The summed E-state index contributed by atoms with van der Waals surface area (Å²) in [6, 6.07) is 0. The highest BCUT2D eigenvalue weighted by molar-refractivity contribution is 4.88. The Kier molecular flexibility index (Phi) is 17.3. The molecule has 0 aromatic carbocycles. The summed E-state index contributed by atoms with van der Waals surface area (Å²) in [5.74, 6) is 0.753. The Morgan fingerprint density at radius 3 is 1.78 bits per heavy atom. The van der Waals surface area contributed by atoms with Crippen molar-refractivity contribution in [2.75, 3.05) is 59.4 Å². The molecule has 0 unspecified atom stereocenters. The lowest BCUT2D eigenvalue weighted by atomic mass is 10.1. The van der Waals surface area contributed by atoms with Gasteiger partial charge in [0.1, 0.15) is 0 Å². The van der Waals surface area contributed by atoms with E-state index >= 15 is 0 Å². The van der Waals surface area contributed by atoms with Crippen LogP contribution in [0.4, 0.5) is 0 Å². The molecule has 0 aliphatic carbocycles. The van der Waals surface area contributed by atoms with Crippen molar-refractivity contribution in [2.24, 2.45) is 5.92 Å². The fourth-order valence-corrected chi connectivity index (χ4v) is 1.78. The molecule has 0 radical (unpaired) electrons. The normalized spacial score (nSPS) is 11.1. The van der Waals surface area contributed by atoms with Crippen molar-refractivity contribution >= 4 is 0 Å². The van der Waals surface area contributed by atoms with Crippen molar-refractivity contribution in [2.45, 2.75) is 40.0 Å². The maximum Gasteiger partial charge on any atom is 0.0701 e. The molecule has 138 valence electrons. The van der Waals surface area contributed by atoms with Crippen LogP contribution in [-0.4, -0.2) is 59.4 Å². The van der Waals surface area contributed by atoms with Crippen LogP contribution < -0.4 is 5.32 Å². The molecule has 1 N–H and O–H groups in total. The van der Waals surface area contributed by atoms with Gasteiger partial charge >= 0.3 is 0 Å². The van der Waals surface area contributed by atoms with Crippen LogP contribution in [0.15, 0.2) is 12.3 Å². The lowest BCUT2D eigenvalue weighted by Crippen LogP contribution is -2.19. The fourth-order valence-electron chi connectivity index (χ4n) is 1.78. The second-order valence-corrected chi connectivity index (χ2v) is 5.87. The number of hydrogen-bond donors (Lipinski definition) is 1. The first kappa shape index (κ1) is 22.4. The Hall–Kier alpha value is -0.620. The first-order valence-electron chi connectivity index (χ1n) is 8.89. The Morgan fingerprint density at radius 1 is 0.826 bits per heavy atom. The van der Waals surface area contributed by atoms with Crippen LogP contribution in [0.1, 0.15) is 40.0 Å². The lowest BCUT2D eigenvalue weighted by molar-refractivity contribution is -0.00183. The quantitative estimate of drug-likeness (QED) is 0.391. The van der Waals surface area contributed by atoms with Gasteiger partial charge in [-0.2, -0.15) is 0 Å². The van der Waals surface area contributed by atoms with Gasteiger partial charge in [-0.3, -0.25) is 0 Å². The van der Waals surface area contributed by atoms with E-state index in [-0.39, 0.29) is 0 Å². The average Bonchev–Trinajstić information content (AvgIpc) is 2.53.